The van der Waals surface area contributed by atoms with Crippen LogP contribution in [0, 0.1) is 0 Å². The molecule has 2 unspecified atom stereocenters. The summed E-state index contributed by atoms with van der Waals surface area (Å²) >= 11 is 12.1. The van der Waals surface area contributed by atoms with E-state index >= 15 is 0 Å². The fourth-order valence-electron chi connectivity index (χ4n) is 5.84. The molecule has 0 bridgehead atoms. The van der Waals surface area contributed by atoms with Crippen LogP contribution in [-0.4, -0.2) is 54.7 Å². The minimum atomic E-state index is -4.55. The summed E-state index contributed by atoms with van der Waals surface area (Å²) in [5, 5.41) is 7.65. The van der Waals surface area contributed by atoms with Crippen LogP contribution < -0.4 is 10.6 Å². The van der Waals surface area contributed by atoms with Crippen LogP contribution in [0.3, 0.4) is 0 Å². The van der Waals surface area contributed by atoms with Gasteiger partial charge in [-0.05, 0) is 98.2 Å². The molecule has 0 radical (unpaired) electrons. The van der Waals surface area contributed by atoms with Crippen molar-refractivity contribution in [3.05, 3.63) is 68.5 Å². The number of aromatic nitrogens is 1. The fraction of sp³-hybridized carbons (Fsp3) is 0.519. The summed E-state index contributed by atoms with van der Waals surface area (Å²) < 4.78 is 39.6. The quantitative estimate of drug-likeness (QED) is 0.447. The van der Waals surface area contributed by atoms with Crippen LogP contribution in [0.15, 0.2) is 35.9 Å². The number of alkyl halides is 3. The summed E-state index contributed by atoms with van der Waals surface area (Å²) in [6, 6.07) is 9.86. The molecule has 2 aromatic rings. The molecule has 5 rings (SSSR count). The molecule has 1 aromatic heterocycles. The van der Waals surface area contributed by atoms with Crippen LogP contribution in [-0.2, 0) is 19.0 Å². The molecule has 3 heterocycles. The standard InChI is InChI=1S/C27H31Cl2F3N4/c28-18-6-5-17-13-23-21(22(17)14-18)9-12-36(25(23)16-33-15-20-3-1-10-34-20)11-2-4-19-7-8-24(29)26(35-19)27(30,31)32/h5-8,14,20,25,33-34H,1-4,9-13,15-16H2. The Balaban J connectivity index is 1.27. The lowest BCUT2D eigenvalue weighted by Crippen LogP contribution is -2.48. The van der Waals surface area contributed by atoms with Gasteiger partial charge < -0.3 is 10.6 Å². The van der Waals surface area contributed by atoms with Gasteiger partial charge in [-0.15, -0.1) is 0 Å². The third kappa shape index (κ3) is 5.76. The molecule has 3 aliphatic rings. The van der Waals surface area contributed by atoms with Crippen LogP contribution in [0.5, 0.6) is 0 Å². The highest BCUT2D eigenvalue weighted by Crippen LogP contribution is 2.42. The molecule has 2 aliphatic heterocycles. The number of pyridine rings is 1. The van der Waals surface area contributed by atoms with Gasteiger partial charge in [0, 0.05) is 42.4 Å². The predicted molar refractivity (Wildman–Crippen MR) is 139 cm³/mol. The molecule has 1 fully saturated rings. The van der Waals surface area contributed by atoms with Crippen molar-refractivity contribution in [2.24, 2.45) is 0 Å². The largest absolute Gasteiger partial charge is 0.434 e. The molecule has 194 valence electrons. The molecule has 0 saturated carbocycles. The second-order valence-electron chi connectivity index (χ2n) is 9.97. The van der Waals surface area contributed by atoms with Crippen LogP contribution in [0.25, 0.3) is 5.57 Å². The lowest BCUT2D eigenvalue weighted by Gasteiger charge is -2.38. The van der Waals surface area contributed by atoms with E-state index in [1.54, 1.807) is 6.07 Å². The highest BCUT2D eigenvalue weighted by atomic mass is 35.5. The summed E-state index contributed by atoms with van der Waals surface area (Å²) in [4.78, 5) is 6.30. The average Bonchev–Trinajstić information content (AvgIpc) is 3.48. The summed E-state index contributed by atoms with van der Waals surface area (Å²) in [5.41, 5.74) is 4.91. The number of aryl methyl sites for hydroxylation is 1. The van der Waals surface area contributed by atoms with E-state index in [0.29, 0.717) is 18.2 Å². The van der Waals surface area contributed by atoms with Gasteiger partial charge in [-0.25, -0.2) is 4.98 Å². The molecule has 4 nitrogen and oxygen atoms in total. The topological polar surface area (TPSA) is 40.2 Å². The van der Waals surface area contributed by atoms with E-state index in [1.807, 2.05) is 6.07 Å². The van der Waals surface area contributed by atoms with Crippen molar-refractivity contribution in [2.75, 3.05) is 32.7 Å². The zero-order valence-corrected chi connectivity index (χ0v) is 21.6. The average molecular weight is 539 g/mol. The number of nitrogens with zero attached hydrogens (tertiary/aromatic N) is 2. The highest BCUT2D eigenvalue weighted by molar-refractivity contribution is 6.31. The first-order valence-corrected chi connectivity index (χ1v) is 13.5. The highest BCUT2D eigenvalue weighted by Gasteiger charge is 2.36. The molecule has 1 aliphatic carbocycles. The SMILES string of the molecule is FC(F)(F)c1nc(CCCN2CCC3=C(Cc4ccc(Cl)cc43)C2CNCC2CCCN2)ccc1Cl. The fourth-order valence-corrected chi connectivity index (χ4v) is 6.23. The second-order valence-corrected chi connectivity index (χ2v) is 10.8. The first-order valence-electron chi connectivity index (χ1n) is 12.7. The Morgan fingerprint density at radius 2 is 2.00 bits per heavy atom. The zero-order chi connectivity index (χ0) is 25.3. The minimum absolute atomic E-state index is 0.255. The molecule has 2 N–H and O–H groups in total. The van der Waals surface area contributed by atoms with E-state index in [-0.39, 0.29) is 11.1 Å². The summed E-state index contributed by atoms with van der Waals surface area (Å²) in [6.45, 7) is 4.60. The van der Waals surface area contributed by atoms with Crippen LogP contribution in [0.2, 0.25) is 10.0 Å². The van der Waals surface area contributed by atoms with Gasteiger partial charge in [0.1, 0.15) is 0 Å². The van der Waals surface area contributed by atoms with Crippen LogP contribution >= 0.6 is 23.2 Å². The molecule has 9 heteroatoms. The first-order chi connectivity index (χ1) is 17.3. The Hall–Kier alpha value is -1.64. The molecule has 0 amide bonds. The monoisotopic (exact) mass is 538 g/mol. The summed E-state index contributed by atoms with van der Waals surface area (Å²) in [5.74, 6) is 0. The molecular weight excluding hydrogens is 508 g/mol. The first kappa shape index (κ1) is 26.0. The lowest BCUT2D eigenvalue weighted by molar-refractivity contribution is -0.141. The van der Waals surface area contributed by atoms with Crippen LogP contribution in [0.1, 0.15) is 48.2 Å². The van der Waals surface area contributed by atoms with Gasteiger partial charge in [-0.2, -0.15) is 13.2 Å². The number of halogens is 5. The van der Waals surface area contributed by atoms with Crippen LogP contribution in [0.4, 0.5) is 13.2 Å². The number of rotatable bonds is 8. The van der Waals surface area contributed by atoms with E-state index in [1.165, 1.54) is 41.2 Å². The predicted octanol–water partition coefficient (Wildman–Crippen LogP) is 5.77. The van der Waals surface area contributed by atoms with Gasteiger partial charge in [0.15, 0.2) is 5.69 Å². The van der Waals surface area contributed by atoms with Crippen molar-refractivity contribution in [3.63, 3.8) is 0 Å². The number of fused-ring (bicyclic) bond motifs is 2. The van der Waals surface area contributed by atoms with Gasteiger partial charge in [0.25, 0.3) is 0 Å². The minimum Gasteiger partial charge on any atom is -0.313 e. The van der Waals surface area contributed by atoms with Crippen molar-refractivity contribution in [2.45, 2.75) is 56.8 Å². The maximum Gasteiger partial charge on any atom is 0.434 e. The van der Waals surface area contributed by atoms with Crippen molar-refractivity contribution < 1.29 is 13.2 Å². The summed E-state index contributed by atoms with van der Waals surface area (Å²) in [6.07, 6.45) is 0.975. The Kier molecular flexibility index (Phi) is 7.94. The van der Waals surface area contributed by atoms with Gasteiger partial charge in [0.05, 0.1) is 5.02 Å². The lowest BCUT2D eigenvalue weighted by atomic mass is 9.92. The third-order valence-corrected chi connectivity index (χ3v) is 8.14. The Morgan fingerprint density at radius 1 is 1.14 bits per heavy atom. The molecule has 1 aromatic carbocycles. The second kappa shape index (κ2) is 11.0. The Morgan fingerprint density at radius 3 is 2.78 bits per heavy atom. The van der Waals surface area contributed by atoms with Gasteiger partial charge >= 0.3 is 6.18 Å². The number of hydrogen-bond acceptors (Lipinski definition) is 4. The van der Waals surface area contributed by atoms with Gasteiger partial charge in [0.2, 0.25) is 0 Å². The number of hydrogen-bond donors (Lipinski definition) is 2. The normalized spacial score (nSPS) is 22.2. The van der Waals surface area contributed by atoms with E-state index < -0.39 is 11.9 Å². The molecule has 36 heavy (non-hydrogen) atoms. The number of nitrogens with one attached hydrogen (secondary N) is 2. The molecule has 1 saturated heterocycles. The smallest absolute Gasteiger partial charge is 0.313 e. The molecular formula is C27H31Cl2F3N4. The zero-order valence-electron chi connectivity index (χ0n) is 20.1. The van der Waals surface area contributed by atoms with Crippen molar-refractivity contribution in [1.29, 1.82) is 0 Å². The van der Waals surface area contributed by atoms with E-state index in [2.05, 4.69) is 32.7 Å². The molecule has 0 spiro atoms. The van der Waals surface area contributed by atoms with E-state index in [4.69, 9.17) is 23.2 Å². The third-order valence-electron chi connectivity index (χ3n) is 7.60. The number of benzene rings is 1. The van der Waals surface area contributed by atoms with Gasteiger partial charge in [-0.1, -0.05) is 29.3 Å². The van der Waals surface area contributed by atoms with Crippen molar-refractivity contribution in [3.8, 4) is 0 Å². The maximum atomic E-state index is 13.2. The van der Waals surface area contributed by atoms with E-state index in [0.717, 1.165) is 57.0 Å². The maximum absolute atomic E-state index is 13.2. The van der Waals surface area contributed by atoms with Gasteiger partial charge in [-0.3, -0.25) is 4.90 Å². The van der Waals surface area contributed by atoms with Crippen molar-refractivity contribution >= 4 is 28.8 Å². The van der Waals surface area contributed by atoms with E-state index in [9.17, 15) is 13.2 Å². The Bertz CT molecular complexity index is 1130. The molecule has 2 atom stereocenters. The van der Waals surface area contributed by atoms with Crippen molar-refractivity contribution in [1.82, 2.24) is 20.5 Å². The summed E-state index contributed by atoms with van der Waals surface area (Å²) in [7, 11) is 0. The Labute approximate surface area is 220 Å².